The molecular formula is C13H8F4S2. The molecule has 1 heterocycles. The predicted molar refractivity (Wildman–Crippen MR) is 68.9 cm³/mol. The topological polar surface area (TPSA) is 0 Å². The number of allylic oxidation sites excluding steroid dienone is 2. The summed E-state index contributed by atoms with van der Waals surface area (Å²) >= 11 is 2.40. The van der Waals surface area contributed by atoms with Gasteiger partial charge in [-0.2, -0.15) is 0 Å². The average Bonchev–Trinajstić information content (AvgIpc) is 2.38. The minimum absolute atomic E-state index is 0.0177. The van der Waals surface area contributed by atoms with E-state index >= 15 is 0 Å². The fourth-order valence-electron chi connectivity index (χ4n) is 1.88. The summed E-state index contributed by atoms with van der Waals surface area (Å²) in [5.41, 5.74) is -0.0177. The lowest BCUT2D eigenvalue weighted by Gasteiger charge is -2.25. The quantitative estimate of drug-likeness (QED) is 0.673. The predicted octanol–water partition coefficient (Wildman–Crippen LogP) is 4.95. The maximum atomic E-state index is 13.5. The van der Waals surface area contributed by atoms with E-state index in [1.807, 2.05) is 0 Å². The maximum Gasteiger partial charge on any atom is 0.154 e. The van der Waals surface area contributed by atoms with E-state index in [9.17, 15) is 17.6 Å². The summed E-state index contributed by atoms with van der Waals surface area (Å²) in [5, 5.41) is 0. The molecule has 0 saturated carbocycles. The van der Waals surface area contributed by atoms with Crippen molar-refractivity contribution in [3.05, 3.63) is 45.5 Å². The highest BCUT2D eigenvalue weighted by Crippen LogP contribution is 2.52. The van der Waals surface area contributed by atoms with Crippen molar-refractivity contribution in [1.29, 1.82) is 0 Å². The van der Waals surface area contributed by atoms with Gasteiger partial charge in [0.2, 0.25) is 0 Å². The number of hydrogen-bond donors (Lipinski definition) is 0. The zero-order chi connectivity index (χ0) is 13.6. The smallest absolute Gasteiger partial charge is 0.154 e. The Hall–Kier alpha value is -0.880. The number of benzene rings is 1. The number of fused-ring (bicyclic) bond motifs is 2. The molecule has 1 aliphatic heterocycles. The van der Waals surface area contributed by atoms with Gasteiger partial charge in [-0.25, -0.2) is 17.6 Å². The number of alkyl halides is 3. The van der Waals surface area contributed by atoms with Crippen molar-refractivity contribution in [2.45, 2.75) is 28.8 Å². The molecule has 0 aromatic heterocycles. The molecule has 0 nitrogen and oxygen atoms in total. The minimum atomic E-state index is -1.66. The van der Waals surface area contributed by atoms with Crippen LogP contribution < -0.4 is 0 Å². The molecule has 1 unspecified atom stereocenters. The number of halogens is 4. The highest BCUT2D eigenvalue weighted by molar-refractivity contribution is 8.11. The van der Waals surface area contributed by atoms with Crippen molar-refractivity contribution in [2.75, 3.05) is 0 Å². The third kappa shape index (κ3) is 2.31. The van der Waals surface area contributed by atoms with Crippen LogP contribution in [0.3, 0.4) is 0 Å². The van der Waals surface area contributed by atoms with Crippen LogP contribution in [0, 0.1) is 5.82 Å². The molecule has 3 rings (SSSR count). The Kier molecular flexibility index (Phi) is 3.39. The lowest BCUT2D eigenvalue weighted by atomic mass is 10.1. The Morgan fingerprint density at radius 1 is 0.947 bits per heavy atom. The summed E-state index contributed by atoms with van der Waals surface area (Å²) in [6, 6.07) is 2.67. The van der Waals surface area contributed by atoms with E-state index in [-0.39, 0.29) is 5.56 Å². The molecule has 100 valence electrons. The first-order valence-electron chi connectivity index (χ1n) is 5.54. The average molecular weight is 304 g/mol. The lowest BCUT2D eigenvalue weighted by molar-refractivity contribution is 0.245. The van der Waals surface area contributed by atoms with E-state index in [2.05, 4.69) is 0 Å². The van der Waals surface area contributed by atoms with Crippen LogP contribution >= 0.6 is 23.5 Å². The summed E-state index contributed by atoms with van der Waals surface area (Å²) < 4.78 is 52.7. The zero-order valence-corrected chi connectivity index (χ0v) is 11.1. The van der Waals surface area contributed by atoms with Crippen molar-refractivity contribution in [3.63, 3.8) is 0 Å². The monoisotopic (exact) mass is 304 g/mol. The van der Waals surface area contributed by atoms with Crippen LogP contribution in [0.4, 0.5) is 17.6 Å². The van der Waals surface area contributed by atoms with Crippen LogP contribution in [0.5, 0.6) is 0 Å². The standard InChI is InChI=1S/C13H8F4S2/c14-5-6-1-10-11(2-7(6)15)19-13-4-9(17)8(16)3-12(13)18-10/h1-4,8-9H,5H2/t8-,9?/m0/s1. The van der Waals surface area contributed by atoms with Crippen LogP contribution in [-0.4, -0.2) is 12.3 Å². The highest BCUT2D eigenvalue weighted by atomic mass is 32.2. The largest absolute Gasteiger partial charge is 0.246 e. The van der Waals surface area contributed by atoms with Crippen LogP contribution in [0.2, 0.25) is 0 Å². The minimum Gasteiger partial charge on any atom is -0.246 e. The molecule has 0 radical (unpaired) electrons. The molecule has 0 fully saturated rings. The van der Waals surface area contributed by atoms with Crippen LogP contribution in [-0.2, 0) is 6.67 Å². The summed E-state index contributed by atoms with van der Waals surface area (Å²) in [4.78, 5) is 2.47. The van der Waals surface area contributed by atoms with Gasteiger partial charge in [-0.3, -0.25) is 0 Å². The second-order valence-electron chi connectivity index (χ2n) is 4.18. The van der Waals surface area contributed by atoms with Gasteiger partial charge in [0.1, 0.15) is 12.5 Å². The third-order valence-electron chi connectivity index (χ3n) is 2.86. The van der Waals surface area contributed by atoms with Crippen LogP contribution in [0.1, 0.15) is 5.56 Å². The van der Waals surface area contributed by atoms with E-state index in [0.29, 0.717) is 19.6 Å². The van der Waals surface area contributed by atoms with Gasteiger partial charge in [0.05, 0.1) is 0 Å². The summed E-state index contributed by atoms with van der Waals surface area (Å²) in [6.45, 7) is -0.885. The van der Waals surface area contributed by atoms with Gasteiger partial charge in [-0.05, 0) is 24.3 Å². The Bertz CT molecular complexity index is 595. The summed E-state index contributed by atoms with van der Waals surface area (Å²) in [5.74, 6) is -0.613. The third-order valence-corrected chi connectivity index (χ3v) is 5.39. The van der Waals surface area contributed by atoms with Crippen molar-refractivity contribution < 1.29 is 17.6 Å². The van der Waals surface area contributed by atoms with Crippen molar-refractivity contribution >= 4 is 23.5 Å². The van der Waals surface area contributed by atoms with Crippen molar-refractivity contribution in [3.8, 4) is 0 Å². The van der Waals surface area contributed by atoms with Gasteiger partial charge < -0.3 is 0 Å². The van der Waals surface area contributed by atoms with Crippen molar-refractivity contribution in [1.82, 2.24) is 0 Å². The van der Waals surface area contributed by atoms with Gasteiger partial charge in [0.25, 0.3) is 0 Å². The summed E-state index contributed by atoms with van der Waals surface area (Å²) in [6.07, 6.45) is -0.890. The first kappa shape index (κ1) is 13.1. The van der Waals surface area contributed by atoms with Crippen molar-refractivity contribution in [2.24, 2.45) is 0 Å². The van der Waals surface area contributed by atoms with Gasteiger partial charge in [0.15, 0.2) is 12.3 Å². The van der Waals surface area contributed by atoms with Gasteiger partial charge in [-0.1, -0.05) is 23.5 Å². The van der Waals surface area contributed by atoms with E-state index in [4.69, 9.17) is 0 Å². The highest BCUT2D eigenvalue weighted by Gasteiger charge is 2.29. The molecule has 1 aliphatic carbocycles. The number of thioether (sulfide) groups is 2. The SMILES string of the molecule is FCc1cc2c(cc1F)SC1=CC(F)[C@@H](F)C=C1S2. The van der Waals surface area contributed by atoms with E-state index in [0.717, 1.165) is 0 Å². The van der Waals surface area contributed by atoms with Crippen LogP contribution in [0.15, 0.2) is 43.9 Å². The fourth-order valence-corrected chi connectivity index (χ4v) is 4.27. The molecule has 0 saturated heterocycles. The molecule has 0 spiro atoms. The van der Waals surface area contributed by atoms with Gasteiger partial charge in [0, 0.05) is 25.2 Å². The molecule has 0 bridgehead atoms. The summed E-state index contributed by atoms with van der Waals surface area (Å²) in [7, 11) is 0. The molecule has 2 aliphatic rings. The van der Waals surface area contributed by atoms with Crippen LogP contribution in [0.25, 0.3) is 0 Å². The molecule has 1 aromatic carbocycles. The lowest BCUT2D eigenvalue weighted by Crippen LogP contribution is -2.17. The molecule has 19 heavy (non-hydrogen) atoms. The molecule has 2 atom stereocenters. The molecular weight excluding hydrogens is 296 g/mol. The molecule has 6 heteroatoms. The fraction of sp³-hybridized carbons (Fsp3) is 0.231. The van der Waals surface area contributed by atoms with E-state index in [1.165, 1.54) is 47.8 Å². The number of hydrogen-bond acceptors (Lipinski definition) is 2. The van der Waals surface area contributed by atoms with Gasteiger partial charge >= 0.3 is 0 Å². The molecule has 1 aromatic rings. The Labute approximate surface area is 116 Å². The zero-order valence-electron chi connectivity index (χ0n) is 9.50. The van der Waals surface area contributed by atoms with Gasteiger partial charge in [-0.15, -0.1) is 0 Å². The number of rotatable bonds is 1. The first-order valence-corrected chi connectivity index (χ1v) is 7.18. The Morgan fingerprint density at radius 3 is 2.00 bits per heavy atom. The molecule has 0 N–H and O–H groups in total. The second-order valence-corrected chi connectivity index (χ2v) is 6.35. The Morgan fingerprint density at radius 2 is 1.47 bits per heavy atom. The normalized spacial score (nSPS) is 25.3. The van der Waals surface area contributed by atoms with E-state index in [1.54, 1.807) is 0 Å². The molecule has 0 amide bonds. The maximum absolute atomic E-state index is 13.5. The van der Waals surface area contributed by atoms with E-state index < -0.39 is 24.8 Å². The second kappa shape index (κ2) is 4.90. The Balaban J connectivity index is 2.04. The first-order chi connectivity index (χ1) is 9.08.